The fraction of sp³-hybridized carbons (Fsp3) is 0.385. The zero-order chi connectivity index (χ0) is 13.7. The molecule has 2 heterocycles. The summed E-state index contributed by atoms with van der Waals surface area (Å²) in [6.07, 6.45) is 6.72. The molecule has 2 aromatic heterocycles. The third kappa shape index (κ3) is 3.82. The predicted octanol–water partition coefficient (Wildman–Crippen LogP) is 1.78. The summed E-state index contributed by atoms with van der Waals surface area (Å²) in [5, 5.41) is 3.87. The first-order valence-electron chi connectivity index (χ1n) is 6.19. The molecule has 100 valence electrons. The van der Waals surface area contributed by atoms with Crippen molar-refractivity contribution in [1.29, 1.82) is 0 Å². The molecule has 19 heavy (non-hydrogen) atoms. The number of nitrogens with zero attached hydrogens (tertiary/aromatic N) is 3. The Morgan fingerprint density at radius 3 is 2.74 bits per heavy atom. The number of amides is 1. The molecule has 5 nitrogen and oxygen atoms in total. The average Bonchev–Trinajstić information content (AvgIpc) is 2.87. The lowest BCUT2D eigenvalue weighted by Crippen LogP contribution is -2.26. The van der Waals surface area contributed by atoms with Crippen molar-refractivity contribution in [3.05, 3.63) is 39.9 Å². The van der Waals surface area contributed by atoms with E-state index < -0.39 is 0 Å². The van der Waals surface area contributed by atoms with Gasteiger partial charge in [0.05, 0.1) is 16.9 Å². The van der Waals surface area contributed by atoms with Gasteiger partial charge in [-0.25, -0.2) is 9.97 Å². The average molecular weight is 276 g/mol. The molecule has 0 spiro atoms. The first-order chi connectivity index (χ1) is 9.19. The minimum absolute atomic E-state index is 0.195. The Bertz CT molecular complexity index is 550. The molecule has 0 radical (unpaired) electrons. The Kier molecular flexibility index (Phi) is 4.57. The number of hydrogen-bond donors (Lipinski definition) is 1. The van der Waals surface area contributed by atoms with Gasteiger partial charge in [0.1, 0.15) is 5.69 Å². The quantitative estimate of drug-likeness (QED) is 0.904. The Hall–Kier alpha value is -1.82. The van der Waals surface area contributed by atoms with Crippen LogP contribution in [0.25, 0.3) is 0 Å². The summed E-state index contributed by atoms with van der Waals surface area (Å²) in [5.74, 6) is -0.195. The predicted molar refractivity (Wildman–Crippen MR) is 74.3 cm³/mol. The minimum atomic E-state index is -0.195. The molecule has 0 aliphatic heterocycles. The van der Waals surface area contributed by atoms with Crippen molar-refractivity contribution in [2.75, 3.05) is 6.54 Å². The van der Waals surface area contributed by atoms with Crippen LogP contribution in [0.4, 0.5) is 0 Å². The van der Waals surface area contributed by atoms with Crippen molar-refractivity contribution in [2.45, 2.75) is 26.7 Å². The molecule has 0 aliphatic carbocycles. The number of aromatic nitrogens is 3. The number of carbonyl (C=O) groups excluding carboxylic acids is 1. The van der Waals surface area contributed by atoms with E-state index in [1.807, 2.05) is 13.1 Å². The minimum Gasteiger partial charge on any atom is -0.350 e. The van der Waals surface area contributed by atoms with E-state index in [9.17, 15) is 4.79 Å². The van der Waals surface area contributed by atoms with E-state index in [0.717, 1.165) is 23.5 Å². The van der Waals surface area contributed by atoms with E-state index in [-0.39, 0.29) is 5.91 Å². The molecule has 2 aromatic rings. The first-order valence-corrected chi connectivity index (χ1v) is 7.01. The van der Waals surface area contributed by atoms with Crippen LogP contribution < -0.4 is 5.32 Å². The van der Waals surface area contributed by atoms with Gasteiger partial charge in [-0.05, 0) is 13.3 Å². The molecule has 0 saturated heterocycles. The highest BCUT2D eigenvalue weighted by Gasteiger charge is 2.07. The summed E-state index contributed by atoms with van der Waals surface area (Å²) in [6, 6.07) is 0. The van der Waals surface area contributed by atoms with Gasteiger partial charge in [-0.3, -0.25) is 9.78 Å². The molecule has 0 fully saturated rings. The van der Waals surface area contributed by atoms with Gasteiger partial charge < -0.3 is 5.32 Å². The Balaban J connectivity index is 1.82. The number of hydrogen-bond acceptors (Lipinski definition) is 5. The van der Waals surface area contributed by atoms with Gasteiger partial charge in [0.25, 0.3) is 5.91 Å². The van der Waals surface area contributed by atoms with Gasteiger partial charge in [-0.2, -0.15) is 0 Å². The van der Waals surface area contributed by atoms with Crippen molar-refractivity contribution in [3.63, 3.8) is 0 Å². The smallest absolute Gasteiger partial charge is 0.271 e. The third-order valence-electron chi connectivity index (χ3n) is 2.59. The summed E-state index contributed by atoms with van der Waals surface area (Å²) in [7, 11) is 0. The summed E-state index contributed by atoms with van der Waals surface area (Å²) < 4.78 is 0. The van der Waals surface area contributed by atoms with Crippen molar-refractivity contribution in [2.24, 2.45) is 0 Å². The second-order valence-corrected chi connectivity index (χ2v) is 5.32. The molecule has 1 amide bonds. The fourth-order valence-corrected chi connectivity index (χ4v) is 2.37. The maximum atomic E-state index is 11.8. The van der Waals surface area contributed by atoms with E-state index in [4.69, 9.17) is 0 Å². The molecule has 0 saturated carbocycles. The Labute approximate surface area is 116 Å². The molecular formula is C13H16N4OS. The van der Waals surface area contributed by atoms with Crippen LogP contribution in [0, 0.1) is 6.92 Å². The lowest BCUT2D eigenvalue weighted by Gasteiger charge is -2.02. The van der Waals surface area contributed by atoms with Crippen LogP contribution in [0.15, 0.2) is 18.6 Å². The fourth-order valence-electron chi connectivity index (χ4n) is 1.51. The van der Waals surface area contributed by atoms with Crippen LogP contribution in [0.5, 0.6) is 0 Å². The van der Waals surface area contributed by atoms with Crippen LogP contribution in [0.2, 0.25) is 0 Å². The first kappa shape index (κ1) is 13.6. The molecule has 0 aromatic carbocycles. The highest BCUT2D eigenvalue weighted by atomic mass is 32.1. The van der Waals surface area contributed by atoms with Crippen LogP contribution in [-0.2, 0) is 12.8 Å². The molecule has 1 N–H and O–H groups in total. The van der Waals surface area contributed by atoms with Gasteiger partial charge >= 0.3 is 0 Å². The van der Waals surface area contributed by atoms with Crippen molar-refractivity contribution < 1.29 is 4.79 Å². The van der Waals surface area contributed by atoms with E-state index in [0.29, 0.717) is 12.2 Å². The second kappa shape index (κ2) is 6.38. The Morgan fingerprint density at radius 2 is 2.11 bits per heavy atom. The summed E-state index contributed by atoms with van der Waals surface area (Å²) >= 11 is 1.69. The lowest BCUT2D eigenvalue weighted by atomic mass is 10.3. The number of aryl methyl sites for hydroxylation is 2. The van der Waals surface area contributed by atoms with Gasteiger partial charge in [0, 0.05) is 30.2 Å². The van der Waals surface area contributed by atoms with Gasteiger partial charge in [0.2, 0.25) is 0 Å². The van der Waals surface area contributed by atoms with Crippen molar-refractivity contribution in [3.8, 4) is 0 Å². The number of carbonyl (C=O) groups is 1. The monoisotopic (exact) mass is 276 g/mol. The molecule has 0 unspecified atom stereocenters. The maximum Gasteiger partial charge on any atom is 0.271 e. The molecule has 6 heteroatoms. The SMILES string of the molecule is CCc1cnc(CCNC(=O)c2cnc(C)cn2)s1. The Morgan fingerprint density at radius 1 is 1.26 bits per heavy atom. The zero-order valence-corrected chi connectivity index (χ0v) is 11.8. The zero-order valence-electron chi connectivity index (χ0n) is 11.0. The summed E-state index contributed by atoms with van der Waals surface area (Å²) in [6.45, 7) is 4.50. The third-order valence-corrected chi connectivity index (χ3v) is 3.79. The lowest BCUT2D eigenvalue weighted by molar-refractivity contribution is 0.0948. The van der Waals surface area contributed by atoms with E-state index in [1.54, 1.807) is 17.5 Å². The molecule has 0 bridgehead atoms. The number of nitrogens with one attached hydrogen (secondary N) is 1. The van der Waals surface area contributed by atoms with E-state index in [1.165, 1.54) is 11.1 Å². The van der Waals surface area contributed by atoms with E-state index in [2.05, 4.69) is 27.2 Å². The summed E-state index contributed by atoms with van der Waals surface area (Å²) in [4.78, 5) is 25.4. The van der Waals surface area contributed by atoms with Crippen molar-refractivity contribution in [1.82, 2.24) is 20.3 Å². The molecule has 0 aliphatic rings. The standard InChI is InChI=1S/C13H16N4OS/c1-3-10-7-17-12(19-10)4-5-14-13(18)11-8-15-9(2)6-16-11/h6-8H,3-5H2,1-2H3,(H,14,18). The summed E-state index contributed by atoms with van der Waals surface area (Å²) in [5.41, 5.74) is 1.14. The van der Waals surface area contributed by atoms with Gasteiger partial charge in [-0.1, -0.05) is 6.92 Å². The van der Waals surface area contributed by atoms with Crippen LogP contribution in [-0.4, -0.2) is 27.4 Å². The molecule has 0 atom stereocenters. The van der Waals surface area contributed by atoms with Crippen LogP contribution >= 0.6 is 11.3 Å². The maximum absolute atomic E-state index is 11.8. The van der Waals surface area contributed by atoms with Crippen LogP contribution in [0.3, 0.4) is 0 Å². The van der Waals surface area contributed by atoms with Crippen LogP contribution in [0.1, 0.15) is 33.0 Å². The normalized spacial score (nSPS) is 10.4. The number of thiazole rings is 1. The van der Waals surface area contributed by atoms with E-state index >= 15 is 0 Å². The van der Waals surface area contributed by atoms with Gasteiger partial charge in [-0.15, -0.1) is 11.3 Å². The topological polar surface area (TPSA) is 67.8 Å². The number of rotatable bonds is 5. The highest BCUT2D eigenvalue weighted by molar-refractivity contribution is 7.11. The second-order valence-electron chi connectivity index (χ2n) is 4.12. The highest BCUT2D eigenvalue weighted by Crippen LogP contribution is 2.13. The van der Waals surface area contributed by atoms with Crippen molar-refractivity contribution >= 4 is 17.2 Å². The largest absolute Gasteiger partial charge is 0.350 e. The van der Waals surface area contributed by atoms with Gasteiger partial charge in [0.15, 0.2) is 0 Å². The molecule has 2 rings (SSSR count). The molecular weight excluding hydrogens is 260 g/mol.